The largest absolute Gasteiger partial charge is 0.329 e. The van der Waals surface area contributed by atoms with E-state index in [0.29, 0.717) is 0 Å². The third-order valence-corrected chi connectivity index (χ3v) is 1.83. The van der Waals surface area contributed by atoms with Crippen LogP contribution in [0.4, 0.5) is 0 Å². The fourth-order valence-corrected chi connectivity index (χ4v) is 0.973. The van der Waals surface area contributed by atoms with E-state index in [2.05, 4.69) is 25.8 Å². The highest BCUT2D eigenvalue weighted by Gasteiger charge is 2.01. The first kappa shape index (κ1) is 9.92. The summed E-state index contributed by atoms with van der Waals surface area (Å²) >= 11 is 0. The molecule has 2 N–H and O–H groups in total. The van der Waals surface area contributed by atoms with Gasteiger partial charge in [-0.15, -0.1) is 0 Å². The van der Waals surface area contributed by atoms with Crippen LogP contribution in [-0.4, -0.2) is 31.6 Å². The monoisotopic (exact) mass is 144 g/mol. The lowest BCUT2D eigenvalue weighted by molar-refractivity contribution is 0.289. The van der Waals surface area contributed by atoms with E-state index in [-0.39, 0.29) is 0 Å². The second kappa shape index (κ2) is 5.69. The van der Waals surface area contributed by atoms with Gasteiger partial charge in [-0.25, -0.2) is 0 Å². The molecule has 0 bridgehead atoms. The molecule has 62 valence electrons. The molecule has 0 radical (unpaired) electrons. The first-order valence-electron chi connectivity index (χ1n) is 4.09. The average Bonchev–Trinajstić information content (AvgIpc) is 1.88. The minimum Gasteiger partial charge on any atom is -0.329 e. The predicted octanol–water partition coefficient (Wildman–Crippen LogP) is 0.923. The summed E-state index contributed by atoms with van der Waals surface area (Å²) in [4.78, 5) is 2.29. The number of nitrogens with two attached hydrogens (primary N) is 1. The molecule has 10 heavy (non-hydrogen) atoms. The van der Waals surface area contributed by atoms with E-state index in [4.69, 9.17) is 5.73 Å². The first-order valence-corrected chi connectivity index (χ1v) is 4.09. The van der Waals surface area contributed by atoms with Crippen molar-refractivity contribution in [3.63, 3.8) is 0 Å². The Labute approximate surface area is 64.4 Å². The van der Waals surface area contributed by atoms with E-state index in [0.717, 1.165) is 19.0 Å². The summed E-state index contributed by atoms with van der Waals surface area (Å²) in [5, 5.41) is 0. The normalized spacial score (nSPS) is 14.1. The van der Waals surface area contributed by atoms with Crippen LogP contribution < -0.4 is 5.73 Å². The van der Waals surface area contributed by atoms with Crippen molar-refractivity contribution in [1.82, 2.24) is 4.90 Å². The van der Waals surface area contributed by atoms with E-state index < -0.39 is 0 Å². The maximum atomic E-state index is 5.40. The molecule has 2 heteroatoms. The molecule has 0 fully saturated rings. The topological polar surface area (TPSA) is 29.3 Å². The van der Waals surface area contributed by atoms with E-state index in [9.17, 15) is 0 Å². The van der Waals surface area contributed by atoms with Crippen LogP contribution in [0.1, 0.15) is 20.3 Å². The van der Waals surface area contributed by atoms with Crippen LogP contribution in [0.25, 0.3) is 0 Å². The van der Waals surface area contributed by atoms with Gasteiger partial charge in [0.05, 0.1) is 0 Å². The van der Waals surface area contributed by atoms with Crippen LogP contribution >= 0.6 is 0 Å². The van der Waals surface area contributed by atoms with Crippen molar-refractivity contribution in [3.05, 3.63) is 0 Å². The molecule has 1 atom stereocenters. The molecular formula is C8H20N2. The van der Waals surface area contributed by atoms with Gasteiger partial charge in [0.25, 0.3) is 0 Å². The van der Waals surface area contributed by atoms with Crippen molar-refractivity contribution in [2.75, 3.05) is 26.7 Å². The minimum absolute atomic E-state index is 0.771. The Morgan fingerprint density at radius 3 is 2.50 bits per heavy atom. The summed E-state index contributed by atoms with van der Waals surface area (Å²) in [5.41, 5.74) is 5.40. The second-order valence-electron chi connectivity index (χ2n) is 3.06. The average molecular weight is 144 g/mol. The Bertz CT molecular complexity index is 73.7. The molecule has 2 nitrogen and oxygen atoms in total. The number of rotatable bonds is 5. The molecule has 0 aliphatic carbocycles. The van der Waals surface area contributed by atoms with Crippen molar-refractivity contribution in [2.45, 2.75) is 20.3 Å². The number of hydrogen-bond acceptors (Lipinski definition) is 2. The summed E-state index contributed by atoms with van der Waals surface area (Å²) in [6.45, 7) is 7.46. The van der Waals surface area contributed by atoms with Crippen LogP contribution in [0, 0.1) is 5.92 Å². The summed E-state index contributed by atoms with van der Waals surface area (Å²) in [6.07, 6.45) is 1.26. The second-order valence-corrected chi connectivity index (χ2v) is 3.06. The zero-order chi connectivity index (χ0) is 7.98. The van der Waals surface area contributed by atoms with Crippen molar-refractivity contribution < 1.29 is 0 Å². The molecule has 0 aliphatic rings. The summed E-state index contributed by atoms with van der Waals surface area (Å²) in [5.74, 6) is 0.802. The predicted molar refractivity (Wildman–Crippen MR) is 46.0 cm³/mol. The van der Waals surface area contributed by atoms with E-state index in [1.54, 1.807) is 0 Å². The van der Waals surface area contributed by atoms with Gasteiger partial charge in [0.15, 0.2) is 0 Å². The van der Waals surface area contributed by atoms with E-state index in [1.165, 1.54) is 13.0 Å². The Balaban J connectivity index is 3.27. The number of hydrogen-bond donors (Lipinski definition) is 1. The number of nitrogens with zero attached hydrogens (tertiary/aromatic N) is 1. The molecule has 0 aliphatic heterocycles. The van der Waals surface area contributed by atoms with Crippen molar-refractivity contribution in [1.29, 1.82) is 0 Å². The summed E-state index contributed by atoms with van der Waals surface area (Å²) in [7, 11) is 2.12. The molecule has 0 aromatic rings. The smallest absolute Gasteiger partial charge is 0.0102 e. The maximum Gasteiger partial charge on any atom is 0.0102 e. The molecule has 0 rings (SSSR count). The molecule has 0 amide bonds. The van der Waals surface area contributed by atoms with Gasteiger partial charge in [-0.2, -0.15) is 0 Å². The Hall–Kier alpha value is -0.0800. The fraction of sp³-hybridized carbons (Fsp3) is 1.00. The molecule has 0 unspecified atom stereocenters. The molecule has 0 spiro atoms. The van der Waals surface area contributed by atoms with E-state index in [1.807, 2.05) is 0 Å². The lowest BCUT2D eigenvalue weighted by atomic mass is 10.1. The molecule has 0 aromatic carbocycles. The quantitative estimate of drug-likeness (QED) is 0.622. The molecule has 0 saturated heterocycles. The van der Waals surface area contributed by atoms with Gasteiger partial charge in [-0.1, -0.05) is 20.3 Å². The van der Waals surface area contributed by atoms with Gasteiger partial charge in [0, 0.05) is 19.6 Å². The highest BCUT2D eigenvalue weighted by Crippen LogP contribution is 2.01. The Morgan fingerprint density at radius 1 is 1.50 bits per heavy atom. The van der Waals surface area contributed by atoms with Crippen molar-refractivity contribution >= 4 is 0 Å². The van der Waals surface area contributed by atoms with Gasteiger partial charge < -0.3 is 10.6 Å². The van der Waals surface area contributed by atoms with Gasteiger partial charge in [0.2, 0.25) is 0 Å². The standard InChI is InChI=1S/C8H20N2/c1-4-8(2)7-10(3)6-5-9/h8H,4-7,9H2,1-3H3/t8-/m1/s1. The fourth-order valence-electron chi connectivity index (χ4n) is 0.973. The lowest BCUT2D eigenvalue weighted by Crippen LogP contribution is -2.29. The van der Waals surface area contributed by atoms with Crippen LogP contribution in [-0.2, 0) is 0 Å². The molecule has 0 heterocycles. The Kier molecular flexibility index (Phi) is 5.64. The van der Waals surface area contributed by atoms with Crippen molar-refractivity contribution in [3.8, 4) is 0 Å². The van der Waals surface area contributed by atoms with Crippen LogP contribution in [0.2, 0.25) is 0 Å². The third kappa shape index (κ3) is 4.77. The van der Waals surface area contributed by atoms with Crippen molar-refractivity contribution in [2.24, 2.45) is 11.7 Å². The Morgan fingerprint density at radius 2 is 2.10 bits per heavy atom. The third-order valence-electron chi connectivity index (χ3n) is 1.83. The highest BCUT2D eigenvalue weighted by molar-refractivity contribution is 4.56. The van der Waals surface area contributed by atoms with Gasteiger partial charge in [-0.05, 0) is 13.0 Å². The number of likely N-dealkylation sites (N-methyl/N-ethyl adjacent to an activating group) is 1. The SMILES string of the molecule is CC[C@@H](C)CN(C)CCN. The summed E-state index contributed by atoms with van der Waals surface area (Å²) in [6, 6.07) is 0. The first-order chi connectivity index (χ1) is 4.70. The maximum absolute atomic E-state index is 5.40. The minimum atomic E-state index is 0.771. The molecular weight excluding hydrogens is 124 g/mol. The van der Waals surface area contributed by atoms with Gasteiger partial charge in [-0.3, -0.25) is 0 Å². The molecule has 0 saturated carbocycles. The lowest BCUT2D eigenvalue weighted by Gasteiger charge is -2.18. The zero-order valence-corrected chi connectivity index (χ0v) is 7.43. The van der Waals surface area contributed by atoms with Gasteiger partial charge in [0.1, 0.15) is 0 Å². The highest BCUT2D eigenvalue weighted by atomic mass is 15.1. The molecule has 0 aromatic heterocycles. The van der Waals surface area contributed by atoms with Gasteiger partial charge >= 0.3 is 0 Å². The van der Waals surface area contributed by atoms with E-state index >= 15 is 0 Å². The zero-order valence-electron chi connectivity index (χ0n) is 7.43. The van der Waals surface area contributed by atoms with Crippen LogP contribution in [0.3, 0.4) is 0 Å². The van der Waals surface area contributed by atoms with Crippen LogP contribution in [0.15, 0.2) is 0 Å². The van der Waals surface area contributed by atoms with Crippen LogP contribution in [0.5, 0.6) is 0 Å². The summed E-state index contributed by atoms with van der Waals surface area (Å²) < 4.78 is 0.